The van der Waals surface area contributed by atoms with E-state index in [1.807, 2.05) is 56.3 Å². The Morgan fingerprint density at radius 1 is 1.06 bits per heavy atom. The third kappa shape index (κ3) is 2.20. The van der Waals surface area contributed by atoms with E-state index in [1.165, 1.54) is 0 Å². The number of hydrogen-bond donors (Lipinski definition) is 1. The van der Waals surface area contributed by atoms with Gasteiger partial charge in [0.15, 0.2) is 0 Å². The zero-order valence-electron chi connectivity index (χ0n) is 10.3. The average molecular weight is 228 g/mol. The Hall–Kier alpha value is -2.10. The van der Waals surface area contributed by atoms with Crippen LogP contribution in [0.1, 0.15) is 5.56 Å². The van der Waals surface area contributed by atoms with Crippen LogP contribution in [0.25, 0.3) is 11.3 Å². The van der Waals surface area contributed by atoms with Crippen molar-refractivity contribution in [2.45, 2.75) is 6.92 Å². The van der Waals surface area contributed by atoms with Gasteiger partial charge in [-0.25, -0.2) is 4.98 Å². The van der Waals surface area contributed by atoms with Crippen molar-refractivity contribution in [3.8, 4) is 11.3 Å². The van der Waals surface area contributed by atoms with Crippen LogP contribution in [0.5, 0.6) is 0 Å². The van der Waals surface area contributed by atoms with Crippen LogP contribution in [0.4, 0.5) is 11.8 Å². The molecule has 0 bridgehead atoms. The third-order valence-electron chi connectivity index (χ3n) is 2.62. The molecule has 0 radical (unpaired) electrons. The quantitative estimate of drug-likeness (QED) is 0.855. The second kappa shape index (κ2) is 4.41. The summed E-state index contributed by atoms with van der Waals surface area (Å²) in [5.41, 5.74) is 8.79. The molecule has 0 spiro atoms. The lowest BCUT2D eigenvalue weighted by Gasteiger charge is -2.14. The van der Waals surface area contributed by atoms with Crippen LogP contribution in [0.2, 0.25) is 0 Å². The van der Waals surface area contributed by atoms with Gasteiger partial charge in [-0.3, -0.25) is 0 Å². The van der Waals surface area contributed by atoms with Gasteiger partial charge in [0.1, 0.15) is 5.82 Å². The first-order valence-corrected chi connectivity index (χ1v) is 5.46. The minimum absolute atomic E-state index is 0.530. The molecule has 2 N–H and O–H groups in total. The number of nitrogens with zero attached hydrogens (tertiary/aromatic N) is 3. The molecule has 0 saturated carbocycles. The Balaban J connectivity index is 2.61. The van der Waals surface area contributed by atoms with Crippen LogP contribution in [0.3, 0.4) is 0 Å². The van der Waals surface area contributed by atoms with Gasteiger partial charge in [-0.05, 0) is 6.92 Å². The molecule has 0 aliphatic heterocycles. The van der Waals surface area contributed by atoms with Gasteiger partial charge in [0, 0.05) is 25.2 Å². The Morgan fingerprint density at radius 2 is 1.71 bits per heavy atom. The predicted octanol–water partition coefficient (Wildman–Crippen LogP) is 2.10. The highest BCUT2D eigenvalue weighted by Gasteiger charge is 2.11. The van der Waals surface area contributed by atoms with E-state index >= 15 is 0 Å². The van der Waals surface area contributed by atoms with Gasteiger partial charge in [-0.15, -0.1) is 0 Å². The van der Waals surface area contributed by atoms with Gasteiger partial charge in [-0.1, -0.05) is 30.3 Å². The Labute approximate surface area is 101 Å². The standard InChI is InChI=1S/C13H16N4/c1-9-11(10-7-5-4-6-8-10)15-13(17(2)3)16-12(9)14/h4-8H,1-3H3,(H2,14,15,16). The summed E-state index contributed by atoms with van der Waals surface area (Å²) in [6, 6.07) is 10.0. The van der Waals surface area contributed by atoms with Gasteiger partial charge < -0.3 is 10.6 Å². The minimum Gasteiger partial charge on any atom is -0.383 e. The first kappa shape index (κ1) is 11.4. The fourth-order valence-electron chi connectivity index (χ4n) is 1.60. The molecule has 1 heterocycles. The van der Waals surface area contributed by atoms with E-state index in [2.05, 4.69) is 9.97 Å². The molecule has 0 aliphatic rings. The third-order valence-corrected chi connectivity index (χ3v) is 2.62. The molecule has 2 rings (SSSR count). The highest BCUT2D eigenvalue weighted by Crippen LogP contribution is 2.25. The normalized spacial score (nSPS) is 10.3. The minimum atomic E-state index is 0.530. The van der Waals surface area contributed by atoms with Crippen LogP contribution in [0.15, 0.2) is 30.3 Å². The number of anilines is 2. The van der Waals surface area contributed by atoms with Crippen LogP contribution in [-0.2, 0) is 0 Å². The van der Waals surface area contributed by atoms with Crippen molar-refractivity contribution < 1.29 is 0 Å². The predicted molar refractivity (Wildman–Crippen MR) is 70.9 cm³/mol. The molecule has 0 atom stereocenters. The maximum atomic E-state index is 5.92. The smallest absolute Gasteiger partial charge is 0.227 e. The van der Waals surface area contributed by atoms with E-state index < -0.39 is 0 Å². The van der Waals surface area contributed by atoms with Crippen LogP contribution in [-0.4, -0.2) is 24.1 Å². The molecule has 0 saturated heterocycles. The first-order chi connectivity index (χ1) is 8.09. The van der Waals surface area contributed by atoms with E-state index in [4.69, 9.17) is 5.73 Å². The Kier molecular flexibility index (Phi) is 2.95. The van der Waals surface area contributed by atoms with E-state index in [0.717, 1.165) is 16.8 Å². The first-order valence-electron chi connectivity index (χ1n) is 5.46. The molecule has 0 unspecified atom stereocenters. The maximum absolute atomic E-state index is 5.92. The van der Waals surface area contributed by atoms with Crippen molar-refractivity contribution in [3.05, 3.63) is 35.9 Å². The maximum Gasteiger partial charge on any atom is 0.227 e. The van der Waals surface area contributed by atoms with Crippen molar-refractivity contribution in [1.82, 2.24) is 9.97 Å². The Bertz CT molecular complexity index is 520. The topological polar surface area (TPSA) is 55.0 Å². The van der Waals surface area contributed by atoms with Gasteiger partial charge in [-0.2, -0.15) is 4.98 Å². The summed E-state index contributed by atoms with van der Waals surface area (Å²) in [7, 11) is 3.80. The molecule has 1 aromatic carbocycles. The SMILES string of the molecule is Cc1c(N)nc(N(C)C)nc1-c1ccccc1. The van der Waals surface area contributed by atoms with E-state index in [1.54, 1.807) is 0 Å². The van der Waals surface area contributed by atoms with Crippen LogP contribution in [0, 0.1) is 6.92 Å². The van der Waals surface area contributed by atoms with E-state index in [-0.39, 0.29) is 0 Å². The van der Waals surface area contributed by atoms with Gasteiger partial charge >= 0.3 is 0 Å². The van der Waals surface area contributed by atoms with E-state index in [9.17, 15) is 0 Å². The number of hydrogen-bond acceptors (Lipinski definition) is 4. The molecule has 0 aliphatic carbocycles. The number of benzene rings is 1. The zero-order chi connectivity index (χ0) is 12.4. The van der Waals surface area contributed by atoms with Crippen molar-refractivity contribution >= 4 is 11.8 Å². The molecule has 1 aromatic heterocycles. The van der Waals surface area contributed by atoms with Crippen molar-refractivity contribution in [1.29, 1.82) is 0 Å². The average Bonchev–Trinajstić information content (AvgIpc) is 2.33. The van der Waals surface area contributed by atoms with Crippen molar-refractivity contribution in [2.24, 2.45) is 0 Å². The summed E-state index contributed by atoms with van der Waals surface area (Å²) in [4.78, 5) is 10.6. The number of nitrogens with two attached hydrogens (primary N) is 1. The number of aromatic nitrogens is 2. The largest absolute Gasteiger partial charge is 0.383 e. The van der Waals surface area contributed by atoms with Gasteiger partial charge in [0.05, 0.1) is 5.69 Å². The van der Waals surface area contributed by atoms with Gasteiger partial charge in [0.25, 0.3) is 0 Å². The molecule has 4 nitrogen and oxygen atoms in total. The summed E-state index contributed by atoms with van der Waals surface area (Å²) in [5.74, 6) is 1.16. The van der Waals surface area contributed by atoms with E-state index in [0.29, 0.717) is 11.8 Å². The number of nitrogen functional groups attached to an aromatic ring is 1. The monoisotopic (exact) mass is 228 g/mol. The molecule has 88 valence electrons. The molecular weight excluding hydrogens is 212 g/mol. The summed E-state index contributed by atoms with van der Waals surface area (Å²) >= 11 is 0. The summed E-state index contributed by atoms with van der Waals surface area (Å²) < 4.78 is 0. The highest BCUT2D eigenvalue weighted by atomic mass is 15.2. The summed E-state index contributed by atoms with van der Waals surface area (Å²) in [6.07, 6.45) is 0. The lowest BCUT2D eigenvalue weighted by Crippen LogP contribution is -2.15. The summed E-state index contributed by atoms with van der Waals surface area (Å²) in [5, 5.41) is 0. The lowest BCUT2D eigenvalue weighted by molar-refractivity contribution is 0.997. The van der Waals surface area contributed by atoms with Crippen LogP contribution < -0.4 is 10.6 Å². The molecular formula is C13H16N4. The highest BCUT2D eigenvalue weighted by molar-refractivity contribution is 5.68. The fraction of sp³-hybridized carbons (Fsp3) is 0.231. The molecule has 0 fully saturated rings. The lowest BCUT2D eigenvalue weighted by atomic mass is 10.1. The molecule has 2 aromatic rings. The molecule has 0 amide bonds. The second-order valence-electron chi connectivity index (χ2n) is 4.14. The second-order valence-corrected chi connectivity index (χ2v) is 4.14. The van der Waals surface area contributed by atoms with Crippen LogP contribution >= 0.6 is 0 Å². The van der Waals surface area contributed by atoms with Gasteiger partial charge in [0.2, 0.25) is 5.95 Å². The molecule has 17 heavy (non-hydrogen) atoms. The summed E-state index contributed by atoms with van der Waals surface area (Å²) in [6.45, 7) is 1.94. The zero-order valence-corrected chi connectivity index (χ0v) is 10.3. The Morgan fingerprint density at radius 3 is 2.29 bits per heavy atom. The van der Waals surface area contributed by atoms with Crippen molar-refractivity contribution in [2.75, 3.05) is 24.7 Å². The number of rotatable bonds is 2. The fourth-order valence-corrected chi connectivity index (χ4v) is 1.60. The van der Waals surface area contributed by atoms with Crippen molar-refractivity contribution in [3.63, 3.8) is 0 Å². The molecule has 4 heteroatoms.